The monoisotopic (exact) mass is 333 g/mol. The van der Waals surface area contributed by atoms with Gasteiger partial charge in [-0.1, -0.05) is 30.3 Å². The van der Waals surface area contributed by atoms with Gasteiger partial charge in [-0.2, -0.15) is 5.10 Å². The fourth-order valence-corrected chi connectivity index (χ4v) is 3.45. The molecule has 1 fully saturated rings. The lowest BCUT2D eigenvalue weighted by atomic mass is 9.96. The van der Waals surface area contributed by atoms with Gasteiger partial charge in [0.05, 0.1) is 12.7 Å². The third kappa shape index (κ3) is 3.94. The summed E-state index contributed by atoms with van der Waals surface area (Å²) in [5, 5.41) is 4.51. The van der Waals surface area contributed by atoms with Crippen LogP contribution in [-0.2, 0) is 6.54 Å². The van der Waals surface area contributed by atoms with Crippen LogP contribution < -0.4 is 0 Å². The van der Waals surface area contributed by atoms with Crippen LogP contribution in [0.15, 0.2) is 61.2 Å². The second-order valence-corrected chi connectivity index (χ2v) is 6.58. The van der Waals surface area contributed by atoms with E-state index < -0.39 is 0 Å². The lowest BCUT2D eigenvalue weighted by Gasteiger charge is -2.31. The van der Waals surface area contributed by atoms with E-state index in [-0.39, 0.29) is 0 Å². The second-order valence-electron chi connectivity index (χ2n) is 6.58. The lowest BCUT2D eigenvalue weighted by Crippen LogP contribution is -2.35. The Morgan fingerprint density at radius 2 is 1.64 bits per heavy atom. The third-order valence-electron chi connectivity index (χ3n) is 4.92. The van der Waals surface area contributed by atoms with Crippen LogP contribution in [0.3, 0.4) is 0 Å². The summed E-state index contributed by atoms with van der Waals surface area (Å²) in [5.41, 5.74) is 2.40. The van der Waals surface area contributed by atoms with Crippen LogP contribution in [-0.4, -0.2) is 44.3 Å². The van der Waals surface area contributed by atoms with Crippen molar-refractivity contribution in [3.63, 3.8) is 0 Å². The van der Waals surface area contributed by atoms with E-state index in [0.717, 1.165) is 44.8 Å². The molecule has 128 valence electrons. The number of hydrogen-bond acceptors (Lipinski definition) is 4. The summed E-state index contributed by atoms with van der Waals surface area (Å²) in [6.07, 6.45) is 10.1. The number of nitrogens with zero attached hydrogens (tertiary/aromatic N) is 5. The highest BCUT2D eigenvalue weighted by atomic mass is 15.3. The standard InChI is InChI=1S/C20H23N5/c1-2-5-17(6-3-1)19-15-23-25(16-19)14-13-24-11-7-18(8-12-24)20-21-9-4-10-22-20/h1-6,9-10,15-16,18H,7-8,11-14H2. The molecule has 0 spiro atoms. The fourth-order valence-electron chi connectivity index (χ4n) is 3.45. The maximum Gasteiger partial charge on any atom is 0.131 e. The zero-order chi connectivity index (χ0) is 16.9. The lowest BCUT2D eigenvalue weighted by molar-refractivity contribution is 0.200. The van der Waals surface area contributed by atoms with Gasteiger partial charge in [0.15, 0.2) is 0 Å². The molecule has 0 bridgehead atoms. The molecule has 25 heavy (non-hydrogen) atoms. The quantitative estimate of drug-likeness (QED) is 0.719. The molecule has 1 aliphatic heterocycles. The first-order valence-corrected chi connectivity index (χ1v) is 8.95. The molecule has 1 aromatic carbocycles. The summed E-state index contributed by atoms with van der Waals surface area (Å²) in [7, 11) is 0. The Kier molecular flexibility index (Phi) is 4.84. The molecule has 4 rings (SSSR count). The number of aromatic nitrogens is 4. The highest BCUT2D eigenvalue weighted by molar-refractivity contribution is 5.61. The molecule has 0 amide bonds. The van der Waals surface area contributed by atoms with Crippen LogP contribution in [0.1, 0.15) is 24.6 Å². The van der Waals surface area contributed by atoms with E-state index in [1.807, 2.05) is 30.7 Å². The minimum Gasteiger partial charge on any atom is -0.301 e. The molecule has 0 saturated carbocycles. The van der Waals surface area contributed by atoms with Gasteiger partial charge in [-0.25, -0.2) is 9.97 Å². The van der Waals surface area contributed by atoms with Crippen molar-refractivity contribution in [1.29, 1.82) is 0 Å². The van der Waals surface area contributed by atoms with Crippen LogP contribution in [0.4, 0.5) is 0 Å². The molecule has 5 heteroatoms. The van der Waals surface area contributed by atoms with E-state index >= 15 is 0 Å². The van der Waals surface area contributed by atoms with E-state index in [1.165, 1.54) is 11.1 Å². The van der Waals surface area contributed by atoms with Gasteiger partial charge in [-0.15, -0.1) is 0 Å². The maximum absolute atomic E-state index is 4.51. The Balaban J connectivity index is 1.28. The molecule has 3 aromatic rings. The topological polar surface area (TPSA) is 46.8 Å². The molecule has 1 saturated heterocycles. The minimum absolute atomic E-state index is 0.506. The van der Waals surface area contributed by atoms with Crippen molar-refractivity contribution in [3.05, 3.63) is 67.0 Å². The van der Waals surface area contributed by atoms with Crippen molar-refractivity contribution in [2.24, 2.45) is 0 Å². The van der Waals surface area contributed by atoms with E-state index in [1.54, 1.807) is 0 Å². The largest absolute Gasteiger partial charge is 0.301 e. The normalized spacial score (nSPS) is 16.2. The number of piperidine rings is 1. The summed E-state index contributed by atoms with van der Waals surface area (Å²) in [6.45, 7) is 4.18. The van der Waals surface area contributed by atoms with Crippen molar-refractivity contribution in [1.82, 2.24) is 24.6 Å². The zero-order valence-electron chi connectivity index (χ0n) is 14.3. The Bertz CT molecular complexity index is 776. The first-order chi connectivity index (χ1) is 12.4. The molecule has 0 aliphatic carbocycles. The first kappa shape index (κ1) is 16.0. The molecule has 3 heterocycles. The Labute approximate surface area is 148 Å². The van der Waals surface area contributed by atoms with Crippen molar-refractivity contribution < 1.29 is 0 Å². The Hall–Kier alpha value is -2.53. The summed E-state index contributed by atoms with van der Waals surface area (Å²) in [5.74, 6) is 1.51. The Morgan fingerprint density at radius 1 is 0.880 bits per heavy atom. The van der Waals surface area contributed by atoms with Crippen LogP contribution in [0.5, 0.6) is 0 Å². The molecular weight excluding hydrogens is 310 g/mol. The van der Waals surface area contributed by atoms with Crippen molar-refractivity contribution >= 4 is 0 Å². The van der Waals surface area contributed by atoms with Gasteiger partial charge < -0.3 is 4.90 Å². The van der Waals surface area contributed by atoms with Crippen molar-refractivity contribution in [3.8, 4) is 11.1 Å². The summed E-state index contributed by atoms with van der Waals surface area (Å²) >= 11 is 0. The van der Waals surface area contributed by atoms with Gasteiger partial charge in [0, 0.05) is 36.6 Å². The number of likely N-dealkylation sites (tertiary alicyclic amines) is 1. The Morgan fingerprint density at radius 3 is 2.40 bits per heavy atom. The average molecular weight is 333 g/mol. The van der Waals surface area contributed by atoms with Gasteiger partial charge in [0.1, 0.15) is 5.82 Å². The summed E-state index contributed by atoms with van der Waals surface area (Å²) in [6, 6.07) is 12.3. The number of rotatable bonds is 5. The van der Waals surface area contributed by atoms with E-state index in [4.69, 9.17) is 0 Å². The van der Waals surface area contributed by atoms with E-state index in [9.17, 15) is 0 Å². The molecule has 0 unspecified atom stereocenters. The minimum atomic E-state index is 0.506. The van der Waals surface area contributed by atoms with Gasteiger partial charge in [0.25, 0.3) is 0 Å². The smallest absolute Gasteiger partial charge is 0.131 e. The molecule has 0 atom stereocenters. The number of hydrogen-bond donors (Lipinski definition) is 0. The molecular formula is C20H23N5. The second kappa shape index (κ2) is 7.57. The van der Waals surface area contributed by atoms with Crippen molar-refractivity contribution in [2.75, 3.05) is 19.6 Å². The fraction of sp³-hybridized carbons (Fsp3) is 0.350. The maximum atomic E-state index is 4.51. The molecule has 0 N–H and O–H groups in total. The van der Waals surface area contributed by atoms with Crippen LogP contribution >= 0.6 is 0 Å². The predicted molar refractivity (Wildman–Crippen MR) is 98.1 cm³/mol. The molecule has 1 aliphatic rings. The van der Waals surface area contributed by atoms with Crippen LogP contribution in [0.25, 0.3) is 11.1 Å². The predicted octanol–water partition coefficient (Wildman–Crippen LogP) is 3.22. The molecule has 2 aromatic heterocycles. The summed E-state index contributed by atoms with van der Waals surface area (Å²) in [4.78, 5) is 11.3. The highest BCUT2D eigenvalue weighted by Crippen LogP contribution is 2.25. The highest BCUT2D eigenvalue weighted by Gasteiger charge is 2.22. The SMILES string of the molecule is c1ccc(-c2cnn(CCN3CCC(c4ncccn4)CC3)c2)cc1. The van der Waals surface area contributed by atoms with Gasteiger partial charge in [-0.05, 0) is 37.6 Å². The average Bonchev–Trinajstić information content (AvgIpc) is 3.17. The molecule has 5 nitrogen and oxygen atoms in total. The summed E-state index contributed by atoms with van der Waals surface area (Å²) < 4.78 is 2.05. The first-order valence-electron chi connectivity index (χ1n) is 8.95. The third-order valence-corrected chi connectivity index (χ3v) is 4.92. The van der Waals surface area contributed by atoms with Crippen molar-refractivity contribution in [2.45, 2.75) is 25.3 Å². The van der Waals surface area contributed by atoms with Gasteiger partial charge in [-0.3, -0.25) is 4.68 Å². The van der Waals surface area contributed by atoms with E-state index in [0.29, 0.717) is 5.92 Å². The van der Waals surface area contributed by atoms with Crippen LogP contribution in [0, 0.1) is 0 Å². The number of benzene rings is 1. The van der Waals surface area contributed by atoms with Crippen LogP contribution in [0.2, 0.25) is 0 Å². The van der Waals surface area contributed by atoms with Gasteiger partial charge >= 0.3 is 0 Å². The molecule has 0 radical (unpaired) electrons. The van der Waals surface area contributed by atoms with Gasteiger partial charge in [0.2, 0.25) is 0 Å². The van der Waals surface area contributed by atoms with E-state index in [2.05, 4.69) is 55.1 Å². The zero-order valence-corrected chi connectivity index (χ0v) is 14.3.